The molecule has 10 aromatic rings. The van der Waals surface area contributed by atoms with Crippen molar-refractivity contribution in [2.75, 3.05) is 4.90 Å². The summed E-state index contributed by atoms with van der Waals surface area (Å²) in [5.41, 5.74) is 22.6. The lowest BCUT2D eigenvalue weighted by Crippen LogP contribution is -2.29. The highest BCUT2D eigenvalue weighted by Crippen LogP contribution is 2.59. The average Bonchev–Trinajstić information content (AvgIpc) is 3.87. The number of benzene rings is 9. The first-order valence-electron chi connectivity index (χ1n) is 21.7. The van der Waals surface area contributed by atoms with Crippen LogP contribution in [0.1, 0.15) is 58.4 Å². The summed E-state index contributed by atoms with van der Waals surface area (Å²) >= 11 is 0. The fourth-order valence-corrected chi connectivity index (χ4v) is 11.3. The van der Waals surface area contributed by atoms with E-state index in [1.165, 1.54) is 77.9 Å². The summed E-state index contributed by atoms with van der Waals surface area (Å²) in [5.74, 6) is 0. The molecule has 3 aliphatic carbocycles. The van der Waals surface area contributed by atoms with Crippen LogP contribution in [-0.2, 0) is 10.8 Å². The van der Waals surface area contributed by atoms with E-state index in [0.29, 0.717) is 0 Å². The molecule has 2 nitrogen and oxygen atoms in total. The molecule has 1 heterocycles. The molecular weight excluding hydrogens is 751 g/mol. The van der Waals surface area contributed by atoms with Crippen molar-refractivity contribution < 1.29 is 4.42 Å². The topological polar surface area (TPSA) is 16.4 Å². The standard InChI is InChI=1S/C60H41NO/c1-59(2)53-20-10-5-15-45(53)47-33-30-44(37-55(47)59)61(43-31-34-58-50(36-43)49-17-7-12-22-57(49)62-58)42-28-25-38(26-29-42)41-27-32-48-46-16-6-11-21-54(46)60(56(48)35-41)51-18-8-3-13-39(51)23-24-40-14-4-9-19-52(40)60/h3-37H,1-2H3. The Morgan fingerprint density at radius 2 is 0.871 bits per heavy atom. The first-order valence-corrected chi connectivity index (χ1v) is 21.7. The predicted octanol–water partition coefficient (Wildman–Crippen LogP) is 15.9. The summed E-state index contributed by atoms with van der Waals surface area (Å²) in [7, 11) is 0. The van der Waals surface area contributed by atoms with E-state index in [9.17, 15) is 0 Å². The molecule has 0 saturated carbocycles. The Labute approximate surface area is 361 Å². The smallest absolute Gasteiger partial charge is 0.135 e. The molecule has 0 bridgehead atoms. The van der Waals surface area contributed by atoms with E-state index in [1.54, 1.807) is 0 Å². The lowest BCUT2D eigenvalue weighted by Gasteiger charge is -2.35. The van der Waals surface area contributed by atoms with Crippen LogP contribution in [-0.4, -0.2) is 0 Å². The molecule has 0 fully saturated rings. The van der Waals surface area contributed by atoms with E-state index in [2.05, 4.69) is 225 Å². The van der Waals surface area contributed by atoms with Gasteiger partial charge in [0.1, 0.15) is 11.2 Å². The number of fused-ring (bicyclic) bond motifs is 15. The van der Waals surface area contributed by atoms with Crippen molar-refractivity contribution in [3.05, 3.63) is 245 Å². The Kier molecular flexibility index (Phi) is 7.31. The van der Waals surface area contributed by atoms with Crippen LogP contribution in [0.4, 0.5) is 17.1 Å². The monoisotopic (exact) mass is 791 g/mol. The summed E-state index contributed by atoms with van der Waals surface area (Å²) in [5, 5.41) is 2.23. The van der Waals surface area contributed by atoms with Gasteiger partial charge in [0.05, 0.1) is 5.41 Å². The fraction of sp³-hybridized carbons (Fsp3) is 0.0667. The zero-order chi connectivity index (χ0) is 41.2. The van der Waals surface area contributed by atoms with Gasteiger partial charge in [-0.05, 0) is 132 Å². The third-order valence-corrected chi connectivity index (χ3v) is 14.1. The van der Waals surface area contributed by atoms with E-state index in [4.69, 9.17) is 4.42 Å². The van der Waals surface area contributed by atoms with Crippen molar-refractivity contribution in [3.63, 3.8) is 0 Å². The van der Waals surface area contributed by atoms with Gasteiger partial charge in [0.15, 0.2) is 0 Å². The second-order valence-electron chi connectivity index (χ2n) is 17.6. The molecule has 292 valence electrons. The molecule has 2 heteroatoms. The number of para-hydroxylation sites is 1. The molecule has 1 aromatic heterocycles. The molecule has 62 heavy (non-hydrogen) atoms. The summed E-state index contributed by atoms with van der Waals surface area (Å²) < 4.78 is 6.30. The Morgan fingerprint density at radius 3 is 1.63 bits per heavy atom. The third-order valence-electron chi connectivity index (χ3n) is 14.1. The highest BCUT2D eigenvalue weighted by Gasteiger charge is 2.48. The van der Waals surface area contributed by atoms with Crippen LogP contribution in [0.5, 0.6) is 0 Å². The van der Waals surface area contributed by atoms with E-state index < -0.39 is 5.41 Å². The fourth-order valence-electron chi connectivity index (χ4n) is 11.3. The minimum absolute atomic E-state index is 0.124. The maximum Gasteiger partial charge on any atom is 0.135 e. The van der Waals surface area contributed by atoms with Crippen molar-refractivity contribution in [1.29, 1.82) is 0 Å². The minimum atomic E-state index is -0.466. The molecule has 0 aliphatic heterocycles. The maximum absolute atomic E-state index is 6.30. The zero-order valence-electron chi connectivity index (χ0n) is 34.6. The van der Waals surface area contributed by atoms with Crippen molar-refractivity contribution in [2.24, 2.45) is 0 Å². The van der Waals surface area contributed by atoms with Gasteiger partial charge in [-0.2, -0.15) is 0 Å². The number of furan rings is 1. The molecule has 0 amide bonds. The number of anilines is 3. The van der Waals surface area contributed by atoms with E-state index in [0.717, 1.165) is 39.0 Å². The van der Waals surface area contributed by atoms with Crippen molar-refractivity contribution in [1.82, 2.24) is 0 Å². The van der Waals surface area contributed by atoms with Gasteiger partial charge >= 0.3 is 0 Å². The van der Waals surface area contributed by atoms with Crippen LogP contribution in [0.15, 0.2) is 205 Å². The van der Waals surface area contributed by atoms with Gasteiger partial charge in [-0.3, -0.25) is 0 Å². The number of rotatable bonds is 4. The summed E-state index contributed by atoms with van der Waals surface area (Å²) in [6.07, 6.45) is 4.59. The van der Waals surface area contributed by atoms with Crippen LogP contribution < -0.4 is 4.90 Å². The van der Waals surface area contributed by atoms with Crippen LogP contribution in [0.2, 0.25) is 0 Å². The van der Waals surface area contributed by atoms with Gasteiger partial charge in [-0.1, -0.05) is 172 Å². The quantitative estimate of drug-likeness (QED) is 0.177. The van der Waals surface area contributed by atoms with Crippen LogP contribution in [0.3, 0.4) is 0 Å². The molecule has 1 spiro atoms. The van der Waals surface area contributed by atoms with Crippen LogP contribution in [0, 0.1) is 0 Å². The van der Waals surface area contributed by atoms with Crippen molar-refractivity contribution in [3.8, 4) is 33.4 Å². The zero-order valence-corrected chi connectivity index (χ0v) is 34.6. The second kappa shape index (κ2) is 12.9. The van der Waals surface area contributed by atoms with Gasteiger partial charge in [0, 0.05) is 33.2 Å². The normalized spacial score (nSPS) is 14.5. The highest BCUT2D eigenvalue weighted by molar-refractivity contribution is 6.06. The van der Waals surface area contributed by atoms with E-state index in [-0.39, 0.29) is 5.41 Å². The lowest BCUT2D eigenvalue weighted by molar-refractivity contribution is 0.660. The second-order valence-corrected chi connectivity index (χ2v) is 17.6. The predicted molar refractivity (Wildman–Crippen MR) is 258 cm³/mol. The van der Waals surface area contributed by atoms with Crippen molar-refractivity contribution in [2.45, 2.75) is 24.7 Å². The molecule has 9 aromatic carbocycles. The number of hydrogen-bond donors (Lipinski definition) is 0. The minimum Gasteiger partial charge on any atom is -0.456 e. The largest absolute Gasteiger partial charge is 0.456 e. The Morgan fingerprint density at radius 1 is 0.355 bits per heavy atom. The summed E-state index contributed by atoms with van der Waals surface area (Å²) in [4.78, 5) is 2.41. The summed E-state index contributed by atoms with van der Waals surface area (Å²) in [6, 6.07) is 74.1. The van der Waals surface area contributed by atoms with E-state index >= 15 is 0 Å². The molecule has 0 N–H and O–H groups in total. The van der Waals surface area contributed by atoms with Crippen LogP contribution >= 0.6 is 0 Å². The molecule has 0 saturated heterocycles. The van der Waals surface area contributed by atoms with Crippen LogP contribution in [0.25, 0.3) is 67.5 Å². The van der Waals surface area contributed by atoms with Gasteiger partial charge < -0.3 is 9.32 Å². The van der Waals surface area contributed by atoms with E-state index in [1.807, 2.05) is 6.07 Å². The Balaban J connectivity index is 0.973. The first-order chi connectivity index (χ1) is 30.5. The number of nitrogens with zero attached hydrogens (tertiary/aromatic N) is 1. The molecule has 0 atom stereocenters. The highest BCUT2D eigenvalue weighted by atomic mass is 16.3. The SMILES string of the molecule is CC1(C)c2ccccc2-c2ccc(N(c3ccc(-c4ccc5c(c4)C4(c6ccccc6C=Cc6ccccc64)c4ccccc4-5)cc3)c3ccc4oc5ccccc5c4c3)cc21. The Bertz CT molecular complexity index is 3460. The van der Waals surface area contributed by atoms with Gasteiger partial charge in [0.25, 0.3) is 0 Å². The Hall–Kier alpha value is -7.68. The third kappa shape index (κ3) is 4.81. The average molecular weight is 792 g/mol. The van der Waals surface area contributed by atoms with Crippen molar-refractivity contribution >= 4 is 51.2 Å². The summed E-state index contributed by atoms with van der Waals surface area (Å²) in [6.45, 7) is 4.71. The first kappa shape index (κ1) is 35.1. The molecular formula is C60H41NO. The van der Waals surface area contributed by atoms with Gasteiger partial charge in [-0.25, -0.2) is 0 Å². The maximum atomic E-state index is 6.30. The molecule has 13 rings (SSSR count). The lowest BCUT2D eigenvalue weighted by atomic mass is 9.66. The molecule has 0 radical (unpaired) electrons. The molecule has 0 unspecified atom stereocenters. The van der Waals surface area contributed by atoms with Gasteiger partial charge in [0.2, 0.25) is 0 Å². The number of hydrogen-bond acceptors (Lipinski definition) is 2. The van der Waals surface area contributed by atoms with Gasteiger partial charge in [-0.15, -0.1) is 0 Å². The molecule has 3 aliphatic rings.